The Hall–Kier alpha value is -0.770. The summed E-state index contributed by atoms with van der Waals surface area (Å²) in [6.07, 6.45) is 0.541. The molecule has 0 bridgehead atoms. The van der Waals surface area contributed by atoms with Crippen LogP contribution in [0.25, 0.3) is 0 Å². The van der Waals surface area contributed by atoms with E-state index in [4.69, 9.17) is 16.3 Å². The standard InChI is InChI=1S/C14H22ClNO2/c1-4-11(3)16-8-12(17)9-18-13-5-6-14(15)10(2)7-13/h5-7,11-12,16-17H,4,8-9H2,1-3H3/t11-,12-/m1/s1. The second kappa shape index (κ2) is 7.62. The van der Waals surface area contributed by atoms with Gasteiger partial charge in [-0.15, -0.1) is 0 Å². The van der Waals surface area contributed by atoms with E-state index in [1.165, 1.54) is 0 Å². The van der Waals surface area contributed by atoms with Crippen molar-refractivity contribution in [3.8, 4) is 5.75 Å². The molecule has 1 aromatic carbocycles. The number of aliphatic hydroxyl groups excluding tert-OH is 1. The second-order valence-corrected chi connectivity index (χ2v) is 5.00. The minimum atomic E-state index is -0.505. The molecule has 2 atom stereocenters. The van der Waals surface area contributed by atoms with Crippen LogP contribution in [0.3, 0.4) is 0 Å². The van der Waals surface area contributed by atoms with Crippen LogP contribution in [0.5, 0.6) is 5.75 Å². The fraction of sp³-hybridized carbons (Fsp3) is 0.571. The minimum Gasteiger partial charge on any atom is -0.491 e. The van der Waals surface area contributed by atoms with Crippen LogP contribution in [-0.4, -0.2) is 30.4 Å². The lowest BCUT2D eigenvalue weighted by Crippen LogP contribution is -2.36. The summed E-state index contributed by atoms with van der Waals surface area (Å²) in [5.41, 5.74) is 0.974. The van der Waals surface area contributed by atoms with Crippen LogP contribution in [0.1, 0.15) is 25.8 Å². The molecule has 0 aromatic heterocycles. The molecule has 2 N–H and O–H groups in total. The average molecular weight is 272 g/mol. The van der Waals surface area contributed by atoms with Gasteiger partial charge >= 0.3 is 0 Å². The van der Waals surface area contributed by atoms with Gasteiger partial charge in [0.05, 0.1) is 0 Å². The molecule has 0 fully saturated rings. The van der Waals surface area contributed by atoms with E-state index >= 15 is 0 Å². The van der Waals surface area contributed by atoms with Gasteiger partial charge in [-0.25, -0.2) is 0 Å². The Kier molecular flexibility index (Phi) is 6.47. The zero-order chi connectivity index (χ0) is 13.5. The van der Waals surface area contributed by atoms with E-state index in [0.717, 1.165) is 22.8 Å². The van der Waals surface area contributed by atoms with E-state index in [-0.39, 0.29) is 6.61 Å². The molecule has 0 aliphatic carbocycles. The smallest absolute Gasteiger partial charge is 0.119 e. The number of aryl methyl sites for hydroxylation is 1. The average Bonchev–Trinajstić information content (AvgIpc) is 2.37. The van der Waals surface area contributed by atoms with Crippen LogP contribution in [0.2, 0.25) is 5.02 Å². The zero-order valence-corrected chi connectivity index (χ0v) is 12.0. The summed E-state index contributed by atoms with van der Waals surface area (Å²) in [5, 5.41) is 13.7. The van der Waals surface area contributed by atoms with Crippen molar-refractivity contribution < 1.29 is 9.84 Å². The number of rotatable bonds is 7. The van der Waals surface area contributed by atoms with Crippen LogP contribution in [0.4, 0.5) is 0 Å². The molecule has 1 aromatic rings. The lowest BCUT2D eigenvalue weighted by molar-refractivity contribution is 0.104. The number of ether oxygens (including phenoxy) is 1. The first-order chi connectivity index (χ1) is 8.52. The van der Waals surface area contributed by atoms with Crippen molar-refractivity contribution >= 4 is 11.6 Å². The molecule has 0 saturated carbocycles. The number of halogens is 1. The van der Waals surface area contributed by atoms with Gasteiger partial charge in [-0.05, 0) is 44.0 Å². The second-order valence-electron chi connectivity index (χ2n) is 4.59. The molecule has 0 unspecified atom stereocenters. The monoisotopic (exact) mass is 271 g/mol. The fourth-order valence-corrected chi connectivity index (χ4v) is 1.56. The van der Waals surface area contributed by atoms with E-state index in [2.05, 4.69) is 19.2 Å². The van der Waals surface area contributed by atoms with Crippen LogP contribution in [-0.2, 0) is 0 Å². The molecule has 3 nitrogen and oxygen atoms in total. The normalized spacial score (nSPS) is 14.3. The van der Waals surface area contributed by atoms with Crippen molar-refractivity contribution in [2.75, 3.05) is 13.2 Å². The third-order valence-electron chi connectivity index (χ3n) is 2.89. The van der Waals surface area contributed by atoms with E-state index < -0.39 is 6.10 Å². The molecule has 1 rings (SSSR count). The van der Waals surface area contributed by atoms with Crippen molar-refractivity contribution in [1.82, 2.24) is 5.32 Å². The maximum absolute atomic E-state index is 9.77. The first-order valence-corrected chi connectivity index (χ1v) is 6.71. The number of nitrogens with one attached hydrogen (secondary N) is 1. The quantitative estimate of drug-likeness (QED) is 0.801. The Morgan fingerprint density at radius 2 is 2.17 bits per heavy atom. The Labute approximate surface area is 114 Å². The predicted octanol–water partition coefficient (Wildman–Crippen LogP) is 2.78. The molecule has 102 valence electrons. The van der Waals surface area contributed by atoms with Crippen molar-refractivity contribution in [2.45, 2.75) is 39.3 Å². The first-order valence-electron chi connectivity index (χ1n) is 6.33. The van der Waals surface area contributed by atoms with Crippen LogP contribution in [0, 0.1) is 6.92 Å². The highest BCUT2D eigenvalue weighted by Gasteiger charge is 2.07. The number of hydrogen-bond acceptors (Lipinski definition) is 3. The molecule has 18 heavy (non-hydrogen) atoms. The van der Waals surface area contributed by atoms with Crippen LogP contribution in [0.15, 0.2) is 18.2 Å². The van der Waals surface area contributed by atoms with Gasteiger partial charge in [-0.3, -0.25) is 0 Å². The Balaban J connectivity index is 2.33. The highest BCUT2D eigenvalue weighted by Crippen LogP contribution is 2.20. The summed E-state index contributed by atoms with van der Waals surface area (Å²) in [6, 6.07) is 5.90. The van der Waals surface area contributed by atoms with Crippen LogP contribution < -0.4 is 10.1 Å². The molecule has 0 radical (unpaired) electrons. The Bertz CT molecular complexity index is 371. The van der Waals surface area contributed by atoms with Gasteiger partial charge in [-0.1, -0.05) is 18.5 Å². The molecule has 0 amide bonds. The van der Waals surface area contributed by atoms with E-state index in [1.54, 1.807) is 6.07 Å². The van der Waals surface area contributed by atoms with Gasteiger partial charge in [-0.2, -0.15) is 0 Å². The molecule has 0 aliphatic rings. The van der Waals surface area contributed by atoms with Crippen LogP contribution >= 0.6 is 11.6 Å². The van der Waals surface area contributed by atoms with Crippen molar-refractivity contribution in [3.05, 3.63) is 28.8 Å². The van der Waals surface area contributed by atoms with Crippen molar-refractivity contribution in [3.63, 3.8) is 0 Å². The zero-order valence-electron chi connectivity index (χ0n) is 11.2. The van der Waals surface area contributed by atoms with Gasteiger partial charge < -0.3 is 15.2 Å². The fourth-order valence-electron chi connectivity index (χ4n) is 1.44. The van der Waals surface area contributed by atoms with Crippen molar-refractivity contribution in [1.29, 1.82) is 0 Å². The Morgan fingerprint density at radius 3 is 2.78 bits per heavy atom. The maximum Gasteiger partial charge on any atom is 0.119 e. The van der Waals surface area contributed by atoms with Gasteiger partial charge in [0, 0.05) is 17.6 Å². The largest absolute Gasteiger partial charge is 0.491 e. The van der Waals surface area contributed by atoms with E-state index in [0.29, 0.717) is 12.6 Å². The predicted molar refractivity (Wildman–Crippen MR) is 75.4 cm³/mol. The molecule has 0 heterocycles. The molecular weight excluding hydrogens is 250 g/mol. The van der Waals surface area contributed by atoms with Gasteiger partial charge in [0.2, 0.25) is 0 Å². The SMILES string of the molecule is CC[C@@H](C)NC[C@@H](O)COc1ccc(Cl)c(C)c1. The molecule has 0 aliphatic heterocycles. The number of benzene rings is 1. The summed E-state index contributed by atoms with van der Waals surface area (Å²) < 4.78 is 5.52. The molecule has 4 heteroatoms. The number of aliphatic hydroxyl groups is 1. The number of hydrogen-bond donors (Lipinski definition) is 2. The third-order valence-corrected chi connectivity index (χ3v) is 3.31. The molecular formula is C14H22ClNO2. The summed E-state index contributed by atoms with van der Waals surface area (Å²) in [7, 11) is 0. The molecule has 0 spiro atoms. The lowest BCUT2D eigenvalue weighted by atomic mass is 10.2. The summed E-state index contributed by atoms with van der Waals surface area (Å²) in [6.45, 7) is 6.95. The Morgan fingerprint density at radius 1 is 1.44 bits per heavy atom. The van der Waals surface area contributed by atoms with E-state index in [9.17, 15) is 5.11 Å². The minimum absolute atomic E-state index is 0.282. The van der Waals surface area contributed by atoms with E-state index in [1.807, 2.05) is 19.1 Å². The topological polar surface area (TPSA) is 41.5 Å². The highest BCUT2D eigenvalue weighted by atomic mass is 35.5. The van der Waals surface area contributed by atoms with Gasteiger partial charge in [0.25, 0.3) is 0 Å². The first kappa shape index (κ1) is 15.3. The summed E-state index contributed by atoms with van der Waals surface area (Å²) in [4.78, 5) is 0. The van der Waals surface area contributed by atoms with Crippen molar-refractivity contribution in [2.24, 2.45) is 0 Å². The molecule has 0 saturated heterocycles. The summed E-state index contributed by atoms with van der Waals surface area (Å²) in [5.74, 6) is 0.736. The summed E-state index contributed by atoms with van der Waals surface area (Å²) >= 11 is 5.93. The maximum atomic E-state index is 9.77. The van der Waals surface area contributed by atoms with Gasteiger partial charge in [0.15, 0.2) is 0 Å². The highest BCUT2D eigenvalue weighted by molar-refractivity contribution is 6.31. The third kappa shape index (κ3) is 5.25. The lowest BCUT2D eigenvalue weighted by Gasteiger charge is -2.16. The van der Waals surface area contributed by atoms with Gasteiger partial charge in [0.1, 0.15) is 18.5 Å².